The largest absolute Gasteiger partial charge is 0.389 e. The lowest BCUT2D eigenvalue weighted by molar-refractivity contribution is -0.135. The number of hydrogen-bond donors (Lipinski definition) is 3. The van der Waals surface area contributed by atoms with Gasteiger partial charge in [0.25, 0.3) is 0 Å². The van der Waals surface area contributed by atoms with Gasteiger partial charge in [-0.15, -0.1) is 0 Å². The summed E-state index contributed by atoms with van der Waals surface area (Å²) in [6.07, 6.45) is 0.280. The van der Waals surface area contributed by atoms with Crippen LogP contribution < -0.4 is 16.6 Å². The highest BCUT2D eigenvalue weighted by atomic mass is 19.4. The van der Waals surface area contributed by atoms with Crippen LogP contribution >= 0.6 is 0 Å². The van der Waals surface area contributed by atoms with Crippen LogP contribution in [0.15, 0.2) is 4.99 Å². The second-order valence-electron chi connectivity index (χ2n) is 4.57. The SMILES string of the molecule is NNC(=NCCCCC(F)(F)F)NC1CCCC1. The van der Waals surface area contributed by atoms with Crippen LogP contribution in [0.1, 0.15) is 44.9 Å². The lowest BCUT2D eigenvalue weighted by atomic mass is 10.2. The average Bonchev–Trinajstić information content (AvgIpc) is 2.78. The summed E-state index contributed by atoms with van der Waals surface area (Å²) < 4.78 is 35.7. The van der Waals surface area contributed by atoms with Gasteiger partial charge in [0.2, 0.25) is 5.96 Å². The Morgan fingerprint density at radius 3 is 2.44 bits per heavy atom. The summed E-state index contributed by atoms with van der Waals surface area (Å²) in [4.78, 5) is 4.13. The highest BCUT2D eigenvalue weighted by Crippen LogP contribution is 2.22. The molecule has 0 aromatic heterocycles. The molecule has 1 rings (SSSR count). The Hall–Kier alpha value is -0.980. The van der Waals surface area contributed by atoms with E-state index in [0.717, 1.165) is 12.8 Å². The third-order valence-electron chi connectivity index (χ3n) is 2.97. The zero-order valence-electron chi connectivity index (χ0n) is 10.4. The Morgan fingerprint density at radius 1 is 1.22 bits per heavy atom. The van der Waals surface area contributed by atoms with E-state index in [4.69, 9.17) is 5.84 Å². The van der Waals surface area contributed by atoms with E-state index in [-0.39, 0.29) is 6.42 Å². The molecule has 18 heavy (non-hydrogen) atoms. The number of aliphatic imine (C=N–C) groups is 1. The lowest BCUT2D eigenvalue weighted by Crippen LogP contribution is -2.45. The molecule has 4 nitrogen and oxygen atoms in total. The van der Waals surface area contributed by atoms with Gasteiger partial charge in [-0.05, 0) is 25.7 Å². The number of nitrogens with zero attached hydrogens (tertiary/aromatic N) is 1. The van der Waals surface area contributed by atoms with Crippen LogP contribution in [0.2, 0.25) is 0 Å². The van der Waals surface area contributed by atoms with E-state index in [1.807, 2.05) is 0 Å². The molecular weight excluding hydrogens is 245 g/mol. The zero-order valence-corrected chi connectivity index (χ0v) is 10.4. The topological polar surface area (TPSA) is 62.4 Å². The minimum Gasteiger partial charge on any atom is -0.353 e. The van der Waals surface area contributed by atoms with Crippen molar-refractivity contribution in [2.75, 3.05) is 6.54 Å². The van der Waals surface area contributed by atoms with Crippen LogP contribution in [0.3, 0.4) is 0 Å². The van der Waals surface area contributed by atoms with Crippen molar-refractivity contribution >= 4 is 5.96 Å². The van der Waals surface area contributed by atoms with Gasteiger partial charge in [0, 0.05) is 19.0 Å². The Bertz CT molecular complexity index is 260. The van der Waals surface area contributed by atoms with E-state index >= 15 is 0 Å². The first-order valence-corrected chi connectivity index (χ1v) is 6.35. The Balaban J connectivity index is 2.17. The molecule has 0 aliphatic heterocycles. The quantitative estimate of drug-likeness (QED) is 0.235. The number of unbranched alkanes of at least 4 members (excludes halogenated alkanes) is 1. The van der Waals surface area contributed by atoms with Gasteiger partial charge in [-0.25, -0.2) is 5.84 Å². The molecule has 1 aliphatic carbocycles. The predicted molar refractivity (Wildman–Crippen MR) is 64.9 cm³/mol. The van der Waals surface area contributed by atoms with Crippen molar-refractivity contribution < 1.29 is 13.2 Å². The molecule has 1 fully saturated rings. The molecule has 7 heteroatoms. The molecule has 0 radical (unpaired) electrons. The highest BCUT2D eigenvalue weighted by Gasteiger charge is 2.25. The number of halogens is 3. The molecule has 0 amide bonds. The van der Waals surface area contributed by atoms with Gasteiger partial charge in [-0.1, -0.05) is 12.8 Å². The first kappa shape index (κ1) is 15.1. The van der Waals surface area contributed by atoms with Crippen LogP contribution in [0, 0.1) is 0 Å². The summed E-state index contributed by atoms with van der Waals surface area (Å²) in [5, 5.41) is 3.16. The minimum atomic E-state index is -4.07. The van der Waals surface area contributed by atoms with Crippen molar-refractivity contribution in [2.24, 2.45) is 10.8 Å². The molecule has 1 saturated carbocycles. The van der Waals surface area contributed by atoms with Crippen molar-refractivity contribution in [3.8, 4) is 0 Å². The number of guanidine groups is 1. The number of alkyl halides is 3. The van der Waals surface area contributed by atoms with Crippen molar-refractivity contribution in [3.63, 3.8) is 0 Å². The van der Waals surface area contributed by atoms with Gasteiger partial charge in [0.1, 0.15) is 0 Å². The Labute approximate surface area is 105 Å². The fourth-order valence-corrected chi connectivity index (χ4v) is 2.02. The average molecular weight is 266 g/mol. The molecule has 106 valence electrons. The van der Waals surface area contributed by atoms with Gasteiger partial charge in [-0.3, -0.25) is 10.4 Å². The standard InChI is InChI=1S/C11H21F3N4/c12-11(13,14)7-3-4-8-16-10(18-15)17-9-5-1-2-6-9/h9H,1-8,15H2,(H2,16,17,18). The summed E-state index contributed by atoms with van der Waals surface area (Å²) in [7, 11) is 0. The van der Waals surface area contributed by atoms with E-state index in [2.05, 4.69) is 15.7 Å². The fourth-order valence-electron chi connectivity index (χ4n) is 2.02. The number of hydrogen-bond acceptors (Lipinski definition) is 2. The molecule has 0 bridgehead atoms. The van der Waals surface area contributed by atoms with Gasteiger partial charge in [0.15, 0.2) is 0 Å². The summed E-state index contributed by atoms with van der Waals surface area (Å²) in [5.41, 5.74) is 2.45. The van der Waals surface area contributed by atoms with Crippen LogP contribution in [0.25, 0.3) is 0 Å². The normalized spacial score (nSPS) is 18.1. The van der Waals surface area contributed by atoms with E-state index in [0.29, 0.717) is 25.0 Å². The first-order chi connectivity index (χ1) is 8.51. The second-order valence-corrected chi connectivity index (χ2v) is 4.57. The maximum absolute atomic E-state index is 11.9. The van der Waals surface area contributed by atoms with E-state index in [1.165, 1.54) is 12.8 Å². The Kier molecular flexibility index (Phi) is 6.24. The summed E-state index contributed by atoms with van der Waals surface area (Å²) in [6, 6.07) is 0.384. The third-order valence-corrected chi connectivity index (χ3v) is 2.97. The number of nitrogens with two attached hydrogens (primary N) is 1. The maximum Gasteiger partial charge on any atom is 0.389 e. The number of hydrazine groups is 1. The van der Waals surface area contributed by atoms with Gasteiger partial charge >= 0.3 is 6.18 Å². The number of rotatable bonds is 5. The molecule has 0 heterocycles. The predicted octanol–water partition coefficient (Wildman–Crippen LogP) is 2.07. The van der Waals surface area contributed by atoms with Crippen LogP contribution in [-0.4, -0.2) is 24.7 Å². The van der Waals surface area contributed by atoms with E-state index in [9.17, 15) is 13.2 Å². The van der Waals surface area contributed by atoms with E-state index < -0.39 is 12.6 Å². The summed E-state index contributed by atoms with van der Waals surface area (Å²) >= 11 is 0. The van der Waals surface area contributed by atoms with Gasteiger partial charge < -0.3 is 5.32 Å². The first-order valence-electron chi connectivity index (χ1n) is 6.35. The molecule has 0 spiro atoms. The van der Waals surface area contributed by atoms with Gasteiger partial charge in [0.05, 0.1) is 0 Å². The molecule has 0 atom stereocenters. The summed E-state index contributed by atoms with van der Waals surface area (Å²) in [5.74, 6) is 5.79. The van der Waals surface area contributed by atoms with Gasteiger partial charge in [-0.2, -0.15) is 13.2 Å². The molecule has 0 aromatic carbocycles. The third kappa shape index (κ3) is 6.68. The fraction of sp³-hybridized carbons (Fsp3) is 0.909. The van der Waals surface area contributed by atoms with Crippen LogP contribution in [0.5, 0.6) is 0 Å². The molecule has 4 N–H and O–H groups in total. The lowest BCUT2D eigenvalue weighted by Gasteiger charge is -2.14. The molecular formula is C11H21F3N4. The molecule has 0 unspecified atom stereocenters. The monoisotopic (exact) mass is 266 g/mol. The van der Waals surface area contributed by atoms with Crippen LogP contribution in [-0.2, 0) is 0 Å². The van der Waals surface area contributed by atoms with Crippen LogP contribution in [0.4, 0.5) is 13.2 Å². The molecule has 0 saturated heterocycles. The maximum atomic E-state index is 11.9. The number of nitrogens with one attached hydrogen (secondary N) is 2. The smallest absolute Gasteiger partial charge is 0.353 e. The summed E-state index contributed by atoms with van der Waals surface area (Å²) in [6.45, 7) is 0.356. The van der Waals surface area contributed by atoms with E-state index in [1.54, 1.807) is 0 Å². The molecule has 0 aromatic rings. The zero-order chi connectivity index (χ0) is 13.4. The Morgan fingerprint density at radius 2 is 1.89 bits per heavy atom. The van der Waals surface area contributed by atoms with Crippen molar-refractivity contribution in [1.82, 2.24) is 10.7 Å². The van der Waals surface area contributed by atoms with Crippen molar-refractivity contribution in [3.05, 3.63) is 0 Å². The van der Waals surface area contributed by atoms with Crippen molar-refractivity contribution in [2.45, 2.75) is 57.2 Å². The second kappa shape index (κ2) is 7.45. The minimum absolute atomic E-state index is 0.105. The molecule has 1 aliphatic rings. The highest BCUT2D eigenvalue weighted by molar-refractivity contribution is 5.79. The van der Waals surface area contributed by atoms with Crippen molar-refractivity contribution in [1.29, 1.82) is 0 Å².